The quantitative estimate of drug-likeness (QED) is 0.906. The van der Waals surface area contributed by atoms with Gasteiger partial charge in [-0.2, -0.15) is 0 Å². The van der Waals surface area contributed by atoms with Crippen LogP contribution in [-0.2, 0) is 4.79 Å². The van der Waals surface area contributed by atoms with Gasteiger partial charge in [-0.05, 0) is 50.2 Å². The topological polar surface area (TPSA) is 47.6 Å². The maximum Gasteiger partial charge on any atom is 0.261 e. The second-order valence-corrected chi connectivity index (χ2v) is 6.20. The van der Waals surface area contributed by atoms with Crippen molar-refractivity contribution in [2.45, 2.75) is 44.8 Å². The number of hydrogen-bond donors (Lipinski definition) is 1. The molecule has 0 aliphatic heterocycles. The summed E-state index contributed by atoms with van der Waals surface area (Å²) in [6, 6.07) is 7.75. The maximum absolute atomic E-state index is 12.3. The smallest absolute Gasteiger partial charge is 0.261 e. The van der Waals surface area contributed by atoms with Gasteiger partial charge in [0.2, 0.25) is 0 Å². The van der Waals surface area contributed by atoms with E-state index in [0.29, 0.717) is 23.5 Å². The number of amides is 1. The number of fused-ring (bicyclic) bond motifs is 2. The van der Waals surface area contributed by atoms with Crippen molar-refractivity contribution in [3.8, 4) is 11.5 Å². The highest BCUT2D eigenvalue weighted by Crippen LogP contribution is 2.44. The highest BCUT2D eigenvalue weighted by Gasteiger charge is 2.40. The highest BCUT2D eigenvalue weighted by molar-refractivity contribution is 5.81. The van der Waals surface area contributed by atoms with Crippen molar-refractivity contribution < 1.29 is 14.3 Å². The molecule has 114 valence electrons. The zero-order valence-corrected chi connectivity index (χ0v) is 12.7. The van der Waals surface area contributed by atoms with E-state index in [2.05, 4.69) is 5.32 Å². The van der Waals surface area contributed by atoms with Crippen LogP contribution in [0.15, 0.2) is 24.3 Å². The predicted molar refractivity (Wildman–Crippen MR) is 80.5 cm³/mol. The van der Waals surface area contributed by atoms with Gasteiger partial charge in [0.05, 0.1) is 7.11 Å². The molecule has 1 amide bonds. The average Bonchev–Trinajstić information content (AvgIpc) is 3.10. The molecule has 0 unspecified atom stereocenters. The van der Waals surface area contributed by atoms with Crippen molar-refractivity contribution in [1.82, 2.24) is 5.32 Å². The summed E-state index contributed by atoms with van der Waals surface area (Å²) in [6.07, 6.45) is 4.51. The van der Waals surface area contributed by atoms with E-state index < -0.39 is 6.10 Å². The minimum Gasteiger partial charge on any atom is -0.493 e. The molecule has 0 radical (unpaired) electrons. The van der Waals surface area contributed by atoms with E-state index in [1.165, 1.54) is 19.3 Å². The van der Waals surface area contributed by atoms with Crippen molar-refractivity contribution in [3.63, 3.8) is 0 Å². The second kappa shape index (κ2) is 5.96. The summed E-state index contributed by atoms with van der Waals surface area (Å²) >= 11 is 0. The van der Waals surface area contributed by atoms with Gasteiger partial charge in [-0.15, -0.1) is 0 Å². The number of benzene rings is 1. The van der Waals surface area contributed by atoms with Gasteiger partial charge in [0, 0.05) is 6.04 Å². The number of methoxy groups -OCH3 is 1. The molecule has 1 N–H and O–H groups in total. The standard InChI is InChI=1S/C17H23NO3/c1-11(21-16-6-4-3-5-15(16)20-2)17(19)18-14-10-12-7-8-13(14)9-12/h3-6,11-14H,7-10H2,1-2H3,(H,18,19)/t11-,12+,13+,14-/m1/s1. The van der Waals surface area contributed by atoms with Crippen LogP contribution < -0.4 is 14.8 Å². The predicted octanol–water partition coefficient (Wildman–Crippen LogP) is 2.77. The van der Waals surface area contributed by atoms with Crippen molar-refractivity contribution in [1.29, 1.82) is 0 Å². The van der Waals surface area contributed by atoms with Crippen LogP contribution in [0.2, 0.25) is 0 Å². The zero-order valence-electron chi connectivity index (χ0n) is 12.7. The van der Waals surface area contributed by atoms with Gasteiger partial charge in [-0.25, -0.2) is 0 Å². The van der Waals surface area contributed by atoms with Crippen molar-refractivity contribution in [3.05, 3.63) is 24.3 Å². The maximum atomic E-state index is 12.3. The number of ether oxygens (including phenoxy) is 2. The Morgan fingerprint density at radius 3 is 2.62 bits per heavy atom. The summed E-state index contributed by atoms with van der Waals surface area (Å²) in [5, 5.41) is 3.16. The molecular formula is C17H23NO3. The molecule has 0 aromatic heterocycles. The molecule has 4 atom stereocenters. The van der Waals surface area contributed by atoms with Gasteiger partial charge >= 0.3 is 0 Å². The zero-order chi connectivity index (χ0) is 14.8. The molecule has 0 saturated heterocycles. The van der Waals surface area contributed by atoms with E-state index in [1.807, 2.05) is 24.3 Å². The minimum atomic E-state index is -0.513. The normalized spacial score (nSPS) is 28.2. The Morgan fingerprint density at radius 1 is 1.24 bits per heavy atom. The summed E-state index contributed by atoms with van der Waals surface area (Å²) in [4.78, 5) is 12.3. The van der Waals surface area contributed by atoms with Crippen LogP contribution in [0.3, 0.4) is 0 Å². The van der Waals surface area contributed by atoms with E-state index >= 15 is 0 Å². The first-order valence-corrected chi connectivity index (χ1v) is 7.77. The molecule has 3 rings (SSSR count). The van der Waals surface area contributed by atoms with Crippen molar-refractivity contribution in [2.75, 3.05) is 7.11 Å². The molecule has 4 nitrogen and oxygen atoms in total. The fraction of sp³-hybridized carbons (Fsp3) is 0.588. The van der Waals surface area contributed by atoms with Crippen LogP contribution >= 0.6 is 0 Å². The fourth-order valence-corrected chi connectivity index (χ4v) is 3.68. The lowest BCUT2D eigenvalue weighted by Gasteiger charge is -2.25. The van der Waals surface area contributed by atoms with Crippen LogP contribution in [0.25, 0.3) is 0 Å². The van der Waals surface area contributed by atoms with Gasteiger partial charge in [0.25, 0.3) is 5.91 Å². The summed E-state index contributed by atoms with van der Waals surface area (Å²) in [5.74, 6) is 2.73. The van der Waals surface area contributed by atoms with Gasteiger partial charge in [-0.1, -0.05) is 18.6 Å². The van der Waals surface area contributed by atoms with Crippen LogP contribution in [0.5, 0.6) is 11.5 Å². The van der Waals surface area contributed by atoms with Gasteiger partial charge in [0.1, 0.15) is 0 Å². The number of hydrogen-bond acceptors (Lipinski definition) is 3. The third kappa shape index (κ3) is 2.99. The number of carbonyl (C=O) groups is 1. The van der Waals surface area contributed by atoms with E-state index in [0.717, 1.165) is 12.3 Å². The molecule has 4 heteroatoms. The minimum absolute atomic E-state index is 0.0292. The molecule has 1 aromatic rings. The van der Waals surface area contributed by atoms with E-state index in [-0.39, 0.29) is 5.91 Å². The van der Waals surface area contributed by atoms with Gasteiger partial charge in [-0.3, -0.25) is 4.79 Å². The lowest BCUT2D eigenvalue weighted by molar-refractivity contribution is -0.128. The Bertz CT molecular complexity index is 517. The Kier molecular flexibility index (Phi) is 4.04. The summed E-state index contributed by atoms with van der Waals surface area (Å²) in [6.45, 7) is 1.79. The van der Waals surface area contributed by atoms with Gasteiger partial charge in [0.15, 0.2) is 17.6 Å². The fourth-order valence-electron chi connectivity index (χ4n) is 3.68. The van der Waals surface area contributed by atoms with Crippen LogP contribution in [-0.4, -0.2) is 25.2 Å². The van der Waals surface area contributed by atoms with Crippen LogP contribution in [0, 0.1) is 11.8 Å². The first-order chi connectivity index (χ1) is 10.2. The average molecular weight is 289 g/mol. The Labute approximate surface area is 125 Å². The monoisotopic (exact) mass is 289 g/mol. The lowest BCUT2D eigenvalue weighted by atomic mass is 9.95. The lowest BCUT2D eigenvalue weighted by Crippen LogP contribution is -2.44. The van der Waals surface area contributed by atoms with E-state index in [9.17, 15) is 4.79 Å². The Balaban J connectivity index is 1.57. The van der Waals surface area contributed by atoms with Crippen molar-refractivity contribution in [2.24, 2.45) is 11.8 Å². The summed E-state index contributed by atoms with van der Waals surface area (Å²) < 4.78 is 11.0. The summed E-state index contributed by atoms with van der Waals surface area (Å²) in [7, 11) is 1.60. The third-order valence-electron chi connectivity index (χ3n) is 4.81. The van der Waals surface area contributed by atoms with E-state index in [1.54, 1.807) is 14.0 Å². The molecule has 0 spiro atoms. The van der Waals surface area contributed by atoms with Crippen LogP contribution in [0.4, 0.5) is 0 Å². The number of carbonyl (C=O) groups excluding carboxylic acids is 1. The first kappa shape index (κ1) is 14.2. The second-order valence-electron chi connectivity index (χ2n) is 6.20. The molecule has 2 fully saturated rings. The number of nitrogens with one attached hydrogen (secondary N) is 1. The molecular weight excluding hydrogens is 266 g/mol. The van der Waals surface area contributed by atoms with Gasteiger partial charge < -0.3 is 14.8 Å². The molecule has 1 aromatic carbocycles. The number of rotatable bonds is 5. The molecule has 2 bridgehead atoms. The molecule has 2 aliphatic rings. The van der Waals surface area contributed by atoms with Crippen LogP contribution in [0.1, 0.15) is 32.6 Å². The largest absolute Gasteiger partial charge is 0.493 e. The van der Waals surface area contributed by atoms with E-state index in [4.69, 9.17) is 9.47 Å². The Morgan fingerprint density at radius 2 is 2.00 bits per heavy atom. The highest BCUT2D eigenvalue weighted by atomic mass is 16.5. The first-order valence-electron chi connectivity index (χ1n) is 7.77. The van der Waals surface area contributed by atoms with Crippen molar-refractivity contribution >= 4 is 5.91 Å². The summed E-state index contributed by atoms with van der Waals surface area (Å²) in [5.41, 5.74) is 0. The molecule has 2 aliphatic carbocycles. The Hall–Kier alpha value is -1.71. The molecule has 2 saturated carbocycles. The third-order valence-corrected chi connectivity index (χ3v) is 4.81. The molecule has 0 heterocycles. The molecule has 21 heavy (non-hydrogen) atoms. The number of para-hydroxylation sites is 2. The SMILES string of the molecule is COc1ccccc1O[C@H](C)C(=O)N[C@@H]1C[C@H]2CC[C@H]1C2.